The molecule has 0 aliphatic rings. The third kappa shape index (κ3) is 9.23. The summed E-state index contributed by atoms with van der Waals surface area (Å²) >= 11 is 6.10. The SMILES string of the molecule is COc1ccc(C)cc1N(CC(=O)N(Cc1ccc(Cl)cc1)C(Cc1ccccc1)C(=O)NCC(C)C)S(C)(=O)=O. The number of anilines is 1. The summed E-state index contributed by atoms with van der Waals surface area (Å²) in [6.45, 7) is 5.79. The van der Waals surface area contributed by atoms with Gasteiger partial charge in [0.15, 0.2) is 0 Å². The number of halogens is 1. The highest BCUT2D eigenvalue weighted by Gasteiger charge is 2.33. The fourth-order valence-corrected chi connectivity index (χ4v) is 5.32. The van der Waals surface area contributed by atoms with Crippen molar-refractivity contribution in [2.24, 2.45) is 5.92 Å². The highest BCUT2D eigenvalue weighted by atomic mass is 35.5. The van der Waals surface area contributed by atoms with Crippen LogP contribution in [-0.2, 0) is 32.6 Å². The first-order valence-corrected chi connectivity index (χ1v) is 15.6. The number of methoxy groups -OCH3 is 1. The molecule has 1 N–H and O–H groups in total. The third-order valence-electron chi connectivity index (χ3n) is 6.50. The van der Waals surface area contributed by atoms with Gasteiger partial charge in [0, 0.05) is 24.5 Å². The first-order chi connectivity index (χ1) is 19.4. The summed E-state index contributed by atoms with van der Waals surface area (Å²) < 4.78 is 32.6. The molecule has 0 radical (unpaired) electrons. The molecule has 8 nitrogen and oxygen atoms in total. The molecule has 3 rings (SSSR count). The lowest BCUT2D eigenvalue weighted by molar-refractivity contribution is -0.140. The van der Waals surface area contributed by atoms with E-state index in [2.05, 4.69) is 5.32 Å². The second-order valence-electron chi connectivity index (χ2n) is 10.4. The minimum atomic E-state index is -3.91. The van der Waals surface area contributed by atoms with E-state index in [-0.39, 0.29) is 30.5 Å². The van der Waals surface area contributed by atoms with Crippen LogP contribution in [0.1, 0.15) is 30.5 Å². The van der Waals surface area contributed by atoms with Crippen molar-refractivity contribution >= 4 is 39.1 Å². The second-order valence-corrected chi connectivity index (χ2v) is 12.8. The lowest BCUT2D eigenvalue weighted by Crippen LogP contribution is -2.53. The summed E-state index contributed by atoms with van der Waals surface area (Å²) in [5, 5.41) is 3.51. The number of sulfonamides is 1. The molecule has 10 heteroatoms. The number of benzene rings is 3. The molecular formula is C31H38ClN3O5S. The summed E-state index contributed by atoms with van der Waals surface area (Å²) in [5.41, 5.74) is 2.66. The Hall–Kier alpha value is -3.56. The average Bonchev–Trinajstić information content (AvgIpc) is 2.93. The van der Waals surface area contributed by atoms with Crippen LogP contribution >= 0.6 is 11.6 Å². The first kappa shape index (κ1) is 32.0. The van der Waals surface area contributed by atoms with E-state index in [0.717, 1.165) is 27.3 Å². The predicted molar refractivity (Wildman–Crippen MR) is 164 cm³/mol. The van der Waals surface area contributed by atoms with Crippen molar-refractivity contribution in [3.63, 3.8) is 0 Å². The fourth-order valence-electron chi connectivity index (χ4n) is 4.35. The van der Waals surface area contributed by atoms with Gasteiger partial charge in [-0.25, -0.2) is 8.42 Å². The predicted octanol–water partition coefficient (Wildman–Crippen LogP) is 4.84. The standard InChI is InChI=1S/C31H38ClN3O5S/c1-22(2)19-33-31(37)28(18-24-9-7-6-8-10-24)34(20-25-12-14-26(32)15-13-25)30(36)21-35(41(5,38)39)27-17-23(3)11-16-29(27)40-4/h6-17,22,28H,18-21H2,1-5H3,(H,33,37). The molecule has 0 aliphatic carbocycles. The van der Waals surface area contributed by atoms with E-state index in [1.54, 1.807) is 42.5 Å². The van der Waals surface area contributed by atoms with Crippen molar-refractivity contribution in [1.29, 1.82) is 0 Å². The molecule has 0 heterocycles. The number of ether oxygens (including phenoxy) is 1. The number of rotatable bonds is 13. The summed E-state index contributed by atoms with van der Waals surface area (Å²) in [6.07, 6.45) is 1.29. The van der Waals surface area contributed by atoms with Crippen LogP contribution < -0.4 is 14.4 Å². The molecule has 2 amide bonds. The molecule has 220 valence electrons. The number of nitrogens with zero attached hydrogens (tertiary/aromatic N) is 2. The largest absolute Gasteiger partial charge is 0.495 e. The van der Waals surface area contributed by atoms with Crippen LogP contribution in [0.5, 0.6) is 5.75 Å². The van der Waals surface area contributed by atoms with Crippen LogP contribution in [0.3, 0.4) is 0 Å². The number of hydrogen-bond acceptors (Lipinski definition) is 5. The van der Waals surface area contributed by atoms with Crippen molar-refractivity contribution in [2.45, 2.75) is 39.8 Å². The molecule has 3 aromatic rings. The van der Waals surface area contributed by atoms with Crippen molar-refractivity contribution in [3.05, 3.63) is 94.5 Å². The van der Waals surface area contributed by atoms with Gasteiger partial charge >= 0.3 is 0 Å². The smallest absolute Gasteiger partial charge is 0.244 e. The Kier molecular flexibility index (Phi) is 11.2. The Bertz CT molecular complexity index is 1430. The van der Waals surface area contributed by atoms with Crippen molar-refractivity contribution in [1.82, 2.24) is 10.2 Å². The van der Waals surface area contributed by atoms with E-state index in [1.807, 2.05) is 51.1 Å². The van der Waals surface area contributed by atoms with Crippen LogP contribution in [0.15, 0.2) is 72.8 Å². The van der Waals surface area contributed by atoms with Gasteiger partial charge in [0.25, 0.3) is 0 Å². The topological polar surface area (TPSA) is 96.0 Å². The van der Waals surface area contributed by atoms with Crippen LogP contribution in [0.4, 0.5) is 5.69 Å². The Morgan fingerprint density at radius 2 is 1.63 bits per heavy atom. The zero-order valence-electron chi connectivity index (χ0n) is 24.1. The van der Waals surface area contributed by atoms with Crippen LogP contribution in [0.25, 0.3) is 0 Å². The van der Waals surface area contributed by atoms with Crippen molar-refractivity contribution < 1.29 is 22.7 Å². The second kappa shape index (κ2) is 14.4. The molecule has 0 aromatic heterocycles. The zero-order valence-corrected chi connectivity index (χ0v) is 25.7. The molecule has 0 spiro atoms. The van der Waals surface area contributed by atoms with Gasteiger partial charge in [-0.15, -0.1) is 0 Å². The summed E-state index contributed by atoms with van der Waals surface area (Å²) in [4.78, 5) is 29.3. The first-order valence-electron chi connectivity index (χ1n) is 13.4. The van der Waals surface area contributed by atoms with E-state index >= 15 is 0 Å². The fraction of sp³-hybridized carbons (Fsp3) is 0.355. The minimum absolute atomic E-state index is 0.0746. The van der Waals surface area contributed by atoms with Gasteiger partial charge in [0.05, 0.1) is 19.1 Å². The maximum atomic E-state index is 14.2. The van der Waals surface area contributed by atoms with Gasteiger partial charge in [0.1, 0.15) is 18.3 Å². The molecular weight excluding hydrogens is 562 g/mol. The molecule has 41 heavy (non-hydrogen) atoms. The van der Waals surface area contributed by atoms with Crippen LogP contribution in [0.2, 0.25) is 5.02 Å². The number of nitrogens with one attached hydrogen (secondary N) is 1. The molecule has 0 fully saturated rings. The Morgan fingerprint density at radius 3 is 2.22 bits per heavy atom. The number of carbonyl (C=O) groups is 2. The third-order valence-corrected chi connectivity index (χ3v) is 7.88. The Morgan fingerprint density at radius 1 is 0.976 bits per heavy atom. The summed E-state index contributed by atoms with van der Waals surface area (Å²) in [7, 11) is -2.47. The lowest BCUT2D eigenvalue weighted by atomic mass is 10.0. The van der Waals surface area contributed by atoms with Crippen LogP contribution in [0, 0.1) is 12.8 Å². The van der Waals surface area contributed by atoms with E-state index in [9.17, 15) is 18.0 Å². The maximum Gasteiger partial charge on any atom is 0.244 e. The highest BCUT2D eigenvalue weighted by Crippen LogP contribution is 2.31. The normalized spacial score (nSPS) is 12.1. The van der Waals surface area contributed by atoms with E-state index in [0.29, 0.717) is 17.3 Å². The number of aryl methyl sites for hydroxylation is 1. The summed E-state index contributed by atoms with van der Waals surface area (Å²) in [5.74, 6) is -0.335. The molecule has 0 aliphatic heterocycles. The monoisotopic (exact) mass is 599 g/mol. The quantitative estimate of drug-likeness (QED) is 0.303. The summed E-state index contributed by atoms with van der Waals surface area (Å²) in [6, 6.07) is 20.6. The van der Waals surface area contributed by atoms with Crippen LogP contribution in [-0.4, -0.2) is 57.6 Å². The molecule has 0 saturated heterocycles. The average molecular weight is 600 g/mol. The number of hydrogen-bond donors (Lipinski definition) is 1. The Labute approximate surface area is 248 Å². The number of amides is 2. The van der Waals surface area contributed by atoms with Gasteiger partial charge in [-0.1, -0.05) is 74.0 Å². The van der Waals surface area contributed by atoms with Gasteiger partial charge in [-0.2, -0.15) is 0 Å². The van der Waals surface area contributed by atoms with Crippen molar-refractivity contribution in [2.75, 3.05) is 30.8 Å². The lowest BCUT2D eigenvalue weighted by Gasteiger charge is -2.34. The molecule has 3 aromatic carbocycles. The Balaban J connectivity index is 2.08. The maximum absolute atomic E-state index is 14.2. The van der Waals surface area contributed by atoms with E-state index in [1.165, 1.54) is 12.0 Å². The van der Waals surface area contributed by atoms with Gasteiger partial charge in [-0.3, -0.25) is 13.9 Å². The minimum Gasteiger partial charge on any atom is -0.495 e. The molecule has 1 unspecified atom stereocenters. The molecule has 0 saturated carbocycles. The zero-order chi connectivity index (χ0) is 30.2. The van der Waals surface area contributed by atoms with Gasteiger partial charge < -0.3 is 15.0 Å². The van der Waals surface area contributed by atoms with E-state index in [4.69, 9.17) is 16.3 Å². The molecule has 1 atom stereocenters. The number of carbonyl (C=O) groups excluding carboxylic acids is 2. The highest BCUT2D eigenvalue weighted by molar-refractivity contribution is 7.92. The molecule has 0 bridgehead atoms. The van der Waals surface area contributed by atoms with Gasteiger partial charge in [-0.05, 0) is 53.8 Å². The van der Waals surface area contributed by atoms with Gasteiger partial charge in [0.2, 0.25) is 21.8 Å². The van der Waals surface area contributed by atoms with E-state index < -0.39 is 28.5 Å². The van der Waals surface area contributed by atoms with Crippen molar-refractivity contribution in [3.8, 4) is 5.75 Å².